The van der Waals surface area contributed by atoms with E-state index in [0.29, 0.717) is 10.8 Å². The van der Waals surface area contributed by atoms with E-state index >= 15 is 0 Å². The third-order valence-electron chi connectivity index (χ3n) is 2.58. The minimum atomic E-state index is -1.04. The number of hydrogen-bond donors (Lipinski definition) is 2. The summed E-state index contributed by atoms with van der Waals surface area (Å²) in [4.78, 5) is 34.1. The molecule has 0 radical (unpaired) electrons. The van der Waals surface area contributed by atoms with Crippen LogP contribution in [0.1, 0.15) is 12.5 Å². The lowest BCUT2D eigenvalue weighted by molar-refractivity contribution is -0.151. The van der Waals surface area contributed by atoms with Gasteiger partial charge in [0.05, 0.1) is 5.75 Å². The van der Waals surface area contributed by atoms with Gasteiger partial charge in [-0.25, -0.2) is 4.79 Å². The first-order valence-corrected chi connectivity index (χ1v) is 8.00. The number of benzene rings is 1. The number of halogens is 1. The summed E-state index contributed by atoms with van der Waals surface area (Å²) in [7, 11) is 1.38. The first-order valence-electron chi connectivity index (χ1n) is 6.47. The van der Waals surface area contributed by atoms with Crippen LogP contribution in [0.25, 0.3) is 0 Å². The summed E-state index contributed by atoms with van der Waals surface area (Å²) in [6.07, 6.45) is -1.04. The summed E-state index contributed by atoms with van der Waals surface area (Å²) >= 11 is 7.34. The monoisotopic (exact) mass is 344 g/mol. The number of thioether (sulfide) groups is 1. The van der Waals surface area contributed by atoms with Crippen LogP contribution in [0, 0.1) is 0 Å². The molecule has 0 saturated carbocycles. The first-order chi connectivity index (χ1) is 10.4. The summed E-state index contributed by atoms with van der Waals surface area (Å²) in [5, 5.41) is 4.91. The van der Waals surface area contributed by atoms with E-state index in [1.165, 1.54) is 25.7 Å². The molecular formula is C14H17ClN2O4S. The fourth-order valence-electron chi connectivity index (χ4n) is 1.42. The van der Waals surface area contributed by atoms with Gasteiger partial charge >= 0.3 is 12.0 Å². The fraction of sp³-hybridized carbons (Fsp3) is 0.357. The van der Waals surface area contributed by atoms with E-state index in [2.05, 4.69) is 5.32 Å². The number of rotatable bonds is 6. The highest BCUT2D eigenvalue weighted by molar-refractivity contribution is 7.99. The zero-order chi connectivity index (χ0) is 16.5. The molecule has 0 heterocycles. The van der Waals surface area contributed by atoms with Crippen LogP contribution in [0.4, 0.5) is 4.79 Å². The molecule has 6 nitrogen and oxygen atoms in total. The van der Waals surface area contributed by atoms with Gasteiger partial charge < -0.3 is 10.1 Å². The number of hydrogen-bond acceptors (Lipinski definition) is 5. The van der Waals surface area contributed by atoms with E-state index in [-0.39, 0.29) is 5.75 Å². The van der Waals surface area contributed by atoms with E-state index in [1.54, 1.807) is 6.07 Å². The molecule has 0 aliphatic carbocycles. The molecule has 0 spiro atoms. The Hall–Kier alpha value is -1.73. The van der Waals surface area contributed by atoms with Gasteiger partial charge in [-0.05, 0) is 18.6 Å². The second-order valence-corrected chi connectivity index (χ2v) is 5.68. The number of carbonyl (C=O) groups excluding carboxylic acids is 3. The summed E-state index contributed by atoms with van der Waals surface area (Å²) in [5.41, 5.74) is 0.923. The van der Waals surface area contributed by atoms with Crippen LogP contribution in [0.5, 0.6) is 0 Å². The first kappa shape index (κ1) is 18.3. The average Bonchev–Trinajstić information content (AvgIpc) is 2.48. The summed E-state index contributed by atoms with van der Waals surface area (Å²) < 4.78 is 4.94. The molecule has 1 atom stereocenters. The molecule has 0 aliphatic heterocycles. The molecule has 120 valence electrons. The van der Waals surface area contributed by atoms with Crippen LogP contribution >= 0.6 is 23.4 Å². The Morgan fingerprint density at radius 2 is 2.00 bits per heavy atom. The lowest BCUT2D eigenvalue weighted by Crippen LogP contribution is -2.43. The number of nitrogens with one attached hydrogen (secondary N) is 2. The van der Waals surface area contributed by atoms with Crippen molar-refractivity contribution < 1.29 is 19.1 Å². The van der Waals surface area contributed by atoms with Crippen molar-refractivity contribution >= 4 is 41.3 Å². The van der Waals surface area contributed by atoms with Gasteiger partial charge in [-0.15, -0.1) is 11.8 Å². The second-order valence-electron chi connectivity index (χ2n) is 4.28. The molecule has 0 aliphatic rings. The van der Waals surface area contributed by atoms with Crippen LogP contribution in [0.2, 0.25) is 5.02 Å². The molecule has 0 saturated heterocycles. The Kier molecular flexibility index (Phi) is 7.76. The Morgan fingerprint density at radius 1 is 1.32 bits per heavy atom. The van der Waals surface area contributed by atoms with Crippen molar-refractivity contribution in [3.8, 4) is 0 Å². The van der Waals surface area contributed by atoms with E-state index < -0.39 is 24.0 Å². The van der Waals surface area contributed by atoms with Crippen LogP contribution < -0.4 is 10.6 Å². The quantitative estimate of drug-likeness (QED) is 0.771. The van der Waals surface area contributed by atoms with Gasteiger partial charge in [0.15, 0.2) is 6.10 Å². The fourth-order valence-corrected chi connectivity index (χ4v) is 2.51. The van der Waals surface area contributed by atoms with Crippen LogP contribution in [-0.2, 0) is 20.1 Å². The largest absolute Gasteiger partial charge is 0.452 e. The van der Waals surface area contributed by atoms with Crippen molar-refractivity contribution in [3.63, 3.8) is 0 Å². The van der Waals surface area contributed by atoms with Gasteiger partial charge in [0, 0.05) is 17.8 Å². The standard InChI is InChI=1S/C14H17ClN2O4S/c1-9(13(19)17-14(20)16-2)21-12(18)8-22-7-10-5-3-4-6-11(10)15/h3-6,9H,7-8H2,1-2H3,(H2,16,17,19,20)/t9-/m1/s1. The minimum absolute atomic E-state index is 0.0861. The van der Waals surface area contributed by atoms with Gasteiger partial charge in [0.2, 0.25) is 0 Å². The highest BCUT2D eigenvalue weighted by atomic mass is 35.5. The second kappa shape index (κ2) is 9.32. The molecule has 0 unspecified atom stereocenters. The van der Waals surface area contributed by atoms with E-state index in [4.69, 9.17) is 16.3 Å². The van der Waals surface area contributed by atoms with Gasteiger partial charge in [-0.1, -0.05) is 29.8 Å². The highest BCUT2D eigenvalue weighted by Crippen LogP contribution is 2.20. The molecule has 8 heteroatoms. The van der Waals surface area contributed by atoms with Gasteiger partial charge in [-0.3, -0.25) is 14.9 Å². The Bertz CT molecular complexity index is 553. The molecule has 3 amide bonds. The summed E-state index contributed by atoms with van der Waals surface area (Å²) in [5.74, 6) is -0.559. The number of ether oxygens (including phenoxy) is 1. The third kappa shape index (κ3) is 6.36. The SMILES string of the molecule is CNC(=O)NC(=O)[C@@H](C)OC(=O)CSCc1ccccc1Cl. The van der Waals surface area contributed by atoms with E-state index in [1.807, 2.05) is 23.5 Å². The Labute approximate surface area is 137 Å². The molecule has 1 aromatic carbocycles. The van der Waals surface area contributed by atoms with E-state index in [9.17, 15) is 14.4 Å². The van der Waals surface area contributed by atoms with Crippen LogP contribution in [0.15, 0.2) is 24.3 Å². The molecule has 0 fully saturated rings. The van der Waals surface area contributed by atoms with Crippen molar-refractivity contribution in [3.05, 3.63) is 34.9 Å². The van der Waals surface area contributed by atoms with Crippen molar-refractivity contribution in [1.29, 1.82) is 0 Å². The molecule has 0 bridgehead atoms. The predicted molar refractivity (Wildman–Crippen MR) is 85.8 cm³/mol. The molecular weight excluding hydrogens is 328 g/mol. The van der Waals surface area contributed by atoms with Crippen molar-refractivity contribution in [2.24, 2.45) is 0 Å². The van der Waals surface area contributed by atoms with Gasteiger partial charge in [-0.2, -0.15) is 0 Å². The van der Waals surface area contributed by atoms with Gasteiger partial charge in [0.1, 0.15) is 0 Å². The Morgan fingerprint density at radius 3 is 2.64 bits per heavy atom. The van der Waals surface area contributed by atoms with Crippen molar-refractivity contribution in [2.45, 2.75) is 18.8 Å². The van der Waals surface area contributed by atoms with Crippen molar-refractivity contribution in [2.75, 3.05) is 12.8 Å². The number of amides is 3. The van der Waals surface area contributed by atoms with Crippen molar-refractivity contribution in [1.82, 2.24) is 10.6 Å². The average molecular weight is 345 g/mol. The van der Waals surface area contributed by atoms with E-state index in [0.717, 1.165) is 5.56 Å². The van der Waals surface area contributed by atoms with Crippen LogP contribution in [0.3, 0.4) is 0 Å². The topological polar surface area (TPSA) is 84.5 Å². The smallest absolute Gasteiger partial charge is 0.321 e. The maximum Gasteiger partial charge on any atom is 0.321 e. The number of esters is 1. The Balaban J connectivity index is 2.32. The maximum absolute atomic E-state index is 11.6. The molecule has 2 N–H and O–H groups in total. The van der Waals surface area contributed by atoms with Crippen LogP contribution in [-0.4, -0.2) is 36.8 Å². The highest BCUT2D eigenvalue weighted by Gasteiger charge is 2.19. The number of urea groups is 1. The normalized spacial score (nSPS) is 11.4. The molecule has 1 aromatic rings. The lowest BCUT2D eigenvalue weighted by Gasteiger charge is -2.12. The minimum Gasteiger partial charge on any atom is -0.452 e. The molecule has 0 aromatic heterocycles. The maximum atomic E-state index is 11.6. The molecule has 22 heavy (non-hydrogen) atoms. The molecule has 1 rings (SSSR count). The summed E-state index contributed by atoms with van der Waals surface area (Å²) in [6, 6.07) is 6.70. The van der Waals surface area contributed by atoms with Gasteiger partial charge in [0.25, 0.3) is 5.91 Å². The zero-order valence-corrected chi connectivity index (χ0v) is 13.8. The zero-order valence-electron chi connectivity index (χ0n) is 12.2. The third-order valence-corrected chi connectivity index (χ3v) is 3.90. The summed E-state index contributed by atoms with van der Waals surface area (Å²) in [6.45, 7) is 1.40. The predicted octanol–water partition coefficient (Wildman–Crippen LogP) is 1.96. The lowest BCUT2D eigenvalue weighted by atomic mass is 10.2. The number of carbonyl (C=O) groups is 3. The number of imide groups is 1.